The number of hydrogen-bond acceptors (Lipinski definition) is 4. The van der Waals surface area contributed by atoms with Gasteiger partial charge in [0.15, 0.2) is 0 Å². The number of carbonyl (C=O) groups is 2. The van der Waals surface area contributed by atoms with Gasteiger partial charge in [0.25, 0.3) is 11.8 Å². The quantitative estimate of drug-likeness (QED) is 0.849. The molecule has 0 unspecified atom stereocenters. The summed E-state index contributed by atoms with van der Waals surface area (Å²) in [4.78, 5) is 32.0. The van der Waals surface area contributed by atoms with Crippen LogP contribution in [-0.4, -0.2) is 52.8 Å². The van der Waals surface area contributed by atoms with Crippen LogP contribution in [0.5, 0.6) is 0 Å². The number of rotatable bonds is 2. The molecule has 0 atom stereocenters. The Hall–Kier alpha value is -2.21. The summed E-state index contributed by atoms with van der Waals surface area (Å²) in [6.07, 6.45) is 3.23. The predicted octanol–water partition coefficient (Wildman–Crippen LogP) is 1.74. The lowest BCUT2D eigenvalue weighted by atomic mass is 10.2. The summed E-state index contributed by atoms with van der Waals surface area (Å²) in [5.74, 6) is 0.0484. The van der Waals surface area contributed by atoms with Gasteiger partial charge in [-0.1, -0.05) is 0 Å². The molecule has 1 saturated heterocycles. The van der Waals surface area contributed by atoms with Crippen molar-refractivity contribution in [2.24, 2.45) is 0 Å². The lowest BCUT2D eigenvalue weighted by molar-refractivity contribution is 0.0535. The summed E-state index contributed by atoms with van der Waals surface area (Å²) >= 11 is 1.52. The Kier molecular flexibility index (Phi) is 3.96. The molecule has 0 spiro atoms. The zero-order valence-corrected chi connectivity index (χ0v) is 12.3. The van der Waals surface area contributed by atoms with Crippen LogP contribution in [-0.2, 0) is 0 Å². The van der Waals surface area contributed by atoms with Gasteiger partial charge < -0.3 is 9.80 Å². The topological polar surface area (TPSA) is 53.5 Å². The average Bonchev–Trinajstić information content (AvgIpc) is 3.09. The van der Waals surface area contributed by atoms with Crippen LogP contribution in [0.1, 0.15) is 20.7 Å². The number of amides is 2. The van der Waals surface area contributed by atoms with Gasteiger partial charge in [0.2, 0.25) is 0 Å². The number of thiophene rings is 1. The smallest absolute Gasteiger partial charge is 0.254 e. The molecule has 3 rings (SSSR count). The predicted molar refractivity (Wildman–Crippen MR) is 80.4 cm³/mol. The number of carbonyl (C=O) groups excluding carboxylic acids is 2. The van der Waals surface area contributed by atoms with Crippen LogP contribution in [0.15, 0.2) is 41.4 Å². The van der Waals surface area contributed by atoms with E-state index < -0.39 is 0 Å². The summed E-state index contributed by atoms with van der Waals surface area (Å²) in [5.41, 5.74) is 1.37. The van der Waals surface area contributed by atoms with Gasteiger partial charge in [-0.3, -0.25) is 14.6 Å². The molecule has 0 N–H and O–H groups in total. The maximum absolute atomic E-state index is 12.3. The second-order valence-corrected chi connectivity index (χ2v) is 5.61. The highest BCUT2D eigenvalue weighted by Gasteiger charge is 2.25. The molecular formula is C15H15N3O2S. The summed E-state index contributed by atoms with van der Waals surface area (Å²) in [6, 6.07) is 5.26. The molecule has 5 nitrogen and oxygen atoms in total. The maximum Gasteiger partial charge on any atom is 0.254 e. The highest BCUT2D eigenvalue weighted by atomic mass is 32.1. The minimum atomic E-state index is 0.0000299. The first-order chi connectivity index (χ1) is 10.3. The SMILES string of the molecule is O=C(c1ccncc1)N1CCN(C(=O)c2ccsc2)CC1. The zero-order chi connectivity index (χ0) is 14.7. The molecule has 2 amide bonds. The van der Waals surface area contributed by atoms with E-state index in [0.29, 0.717) is 31.7 Å². The Morgan fingerprint density at radius 2 is 1.48 bits per heavy atom. The molecule has 1 aliphatic rings. The molecule has 6 heteroatoms. The molecular weight excluding hydrogens is 286 g/mol. The minimum Gasteiger partial charge on any atom is -0.335 e. The van der Waals surface area contributed by atoms with E-state index in [-0.39, 0.29) is 11.8 Å². The van der Waals surface area contributed by atoms with Crippen LogP contribution >= 0.6 is 11.3 Å². The number of nitrogens with zero attached hydrogens (tertiary/aromatic N) is 3. The van der Waals surface area contributed by atoms with Gasteiger partial charge in [0.1, 0.15) is 0 Å². The Bertz CT molecular complexity index is 620. The fourth-order valence-electron chi connectivity index (χ4n) is 2.36. The summed E-state index contributed by atoms with van der Waals surface area (Å²) in [7, 11) is 0. The second-order valence-electron chi connectivity index (χ2n) is 4.83. The van der Waals surface area contributed by atoms with Crippen LogP contribution < -0.4 is 0 Å². The molecule has 2 aromatic heterocycles. The molecule has 0 aliphatic carbocycles. The molecule has 0 aromatic carbocycles. The van der Waals surface area contributed by atoms with E-state index in [2.05, 4.69) is 4.98 Å². The van der Waals surface area contributed by atoms with Gasteiger partial charge in [-0.15, -0.1) is 0 Å². The lowest BCUT2D eigenvalue weighted by Gasteiger charge is -2.34. The van der Waals surface area contributed by atoms with E-state index in [9.17, 15) is 9.59 Å². The van der Waals surface area contributed by atoms with Gasteiger partial charge in [0, 0.05) is 49.5 Å². The van der Waals surface area contributed by atoms with E-state index >= 15 is 0 Å². The second kappa shape index (κ2) is 6.05. The Morgan fingerprint density at radius 3 is 2.00 bits per heavy atom. The van der Waals surface area contributed by atoms with Crippen molar-refractivity contribution in [3.63, 3.8) is 0 Å². The van der Waals surface area contributed by atoms with Gasteiger partial charge in [-0.2, -0.15) is 11.3 Å². The summed E-state index contributed by atoms with van der Waals surface area (Å²) < 4.78 is 0. The number of hydrogen-bond donors (Lipinski definition) is 0. The highest BCUT2D eigenvalue weighted by Crippen LogP contribution is 2.13. The fraction of sp³-hybridized carbons (Fsp3) is 0.267. The minimum absolute atomic E-state index is 0.0000299. The molecule has 1 fully saturated rings. The number of piperazine rings is 1. The highest BCUT2D eigenvalue weighted by molar-refractivity contribution is 7.08. The van der Waals surface area contributed by atoms with Crippen LogP contribution in [0.3, 0.4) is 0 Å². The third-order valence-corrected chi connectivity index (χ3v) is 4.23. The first kappa shape index (κ1) is 13.8. The van der Waals surface area contributed by atoms with Crippen molar-refractivity contribution in [3.05, 3.63) is 52.5 Å². The van der Waals surface area contributed by atoms with E-state index in [1.807, 2.05) is 16.8 Å². The summed E-state index contributed by atoms with van der Waals surface area (Å²) in [6.45, 7) is 2.28. The van der Waals surface area contributed by atoms with Crippen LogP contribution in [0.25, 0.3) is 0 Å². The standard InChI is InChI=1S/C15H15N3O2S/c19-14(12-1-4-16-5-2-12)17-6-8-18(9-7-17)15(20)13-3-10-21-11-13/h1-5,10-11H,6-9H2. The fourth-order valence-corrected chi connectivity index (χ4v) is 2.99. The molecule has 21 heavy (non-hydrogen) atoms. The Morgan fingerprint density at radius 1 is 0.905 bits per heavy atom. The number of pyridine rings is 1. The molecule has 108 valence electrons. The van der Waals surface area contributed by atoms with Crippen molar-refractivity contribution in [2.75, 3.05) is 26.2 Å². The van der Waals surface area contributed by atoms with Gasteiger partial charge in [0.05, 0.1) is 5.56 Å². The third kappa shape index (κ3) is 2.95. The van der Waals surface area contributed by atoms with Gasteiger partial charge in [-0.05, 0) is 23.6 Å². The van der Waals surface area contributed by atoms with Crippen LogP contribution in [0.2, 0.25) is 0 Å². The van der Waals surface area contributed by atoms with Crippen molar-refractivity contribution in [2.45, 2.75) is 0 Å². The summed E-state index contributed by atoms with van der Waals surface area (Å²) in [5, 5.41) is 3.76. The third-order valence-electron chi connectivity index (χ3n) is 3.55. The number of aromatic nitrogens is 1. The average molecular weight is 301 g/mol. The largest absolute Gasteiger partial charge is 0.335 e. The first-order valence-electron chi connectivity index (χ1n) is 6.76. The van der Waals surface area contributed by atoms with E-state index in [1.54, 1.807) is 34.3 Å². The molecule has 3 heterocycles. The molecule has 1 aliphatic heterocycles. The van der Waals surface area contributed by atoms with E-state index in [4.69, 9.17) is 0 Å². The van der Waals surface area contributed by atoms with Gasteiger partial charge >= 0.3 is 0 Å². The van der Waals surface area contributed by atoms with Crippen molar-refractivity contribution in [1.82, 2.24) is 14.8 Å². The van der Waals surface area contributed by atoms with Crippen molar-refractivity contribution >= 4 is 23.2 Å². The van der Waals surface area contributed by atoms with Crippen molar-refractivity contribution in [3.8, 4) is 0 Å². The Labute approximate surface area is 126 Å². The van der Waals surface area contributed by atoms with Crippen molar-refractivity contribution < 1.29 is 9.59 Å². The molecule has 0 radical (unpaired) electrons. The van der Waals surface area contributed by atoms with Crippen molar-refractivity contribution in [1.29, 1.82) is 0 Å². The Balaban J connectivity index is 1.60. The molecule has 0 saturated carbocycles. The van der Waals surface area contributed by atoms with Crippen LogP contribution in [0, 0.1) is 0 Å². The van der Waals surface area contributed by atoms with Gasteiger partial charge in [-0.25, -0.2) is 0 Å². The molecule has 2 aromatic rings. The monoisotopic (exact) mass is 301 g/mol. The first-order valence-corrected chi connectivity index (χ1v) is 7.71. The van der Waals surface area contributed by atoms with Crippen LogP contribution in [0.4, 0.5) is 0 Å². The molecule has 0 bridgehead atoms. The van der Waals surface area contributed by atoms with E-state index in [0.717, 1.165) is 5.56 Å². The van der Waals surface area contributed by atoms with E-state index in [1.165, 1.54) is 11.3 Å². The maximum atomic E-state index is 12.3. The lowest BCUT2D eigenvalue weighted by Crippen LogP contribution is -2.50. The normalized spacial score (nSPS) is 15.0. The zero-order valence-electron chi connectivity index (χ0n) is 11.4.